The quantitative estimate of drug-likeness (QED) is 0.500. The van der Waals surface area contributed by atoms with Gasteiger partial charge in [0.2, 0.25) is 0 Å². The number of nitrogens with one attached hydrogen (secondary N) is 1. The number of pyridine rings is 1. The standard InChI is InChI=1S/C11H13ClN2O3/c1-2-3-6-17-11(16)14-9-8(7-15)4-5-13-10(9)12/h4-5,7H,2-3,6H2,1H3,(H,14,16). The van der Waals surface area contributed by atoms with Crippen LogP contribution in [-0.4, -0.2) is 24.0 Å². The van der Waals surface area contributed by atoms with E-state index >= 15 is 0 Å². The number of hydrogen-bond donors (Lipinski definition) is 1. The van der Waals surface area contributed by atoms with E-state index in [0.29, 0.717) is 12.9 Å². The Bertz CT molecular complexity index is 410. The highest BCUT2D eigenvalue weighted by molar-refractivity contribution is 6.33. The third-order valence-corrected chi connectivity index (χ3v) is 2.31. The van der Waals surface area contributed by atoms with Crippen molar-refractivity contribution in [2.75, 3.05) is 11.9 Å². The van der Waals surface area contributed by atoms with Gasteiger partial charge in [0.25, 0.3) is 0 Å². The molecule has 0 unspecified atom stereocenters. The van der Waals surface area contributed by atoms with Gasteiger partial charge in [-0.1, -0.05) is 24.9 Å². The monoisotopic (exact) mass is 256 g/mol. The van der Waals surface area contributed by atoms with Crippen LogP contribution in [0.4, 0.5) is 10.5 Å². The molecule has 6 heteroatoms. The molecule has 1 heterocycles. The number of amides is 1. The van der Waals surface area contributed by atoms with Gasteiger partial charge in [-0.15, -0.1) is 0 Å². The number of ether oxygens (including phenoxy) is 1. The maximum atomic E-state index is 11.4. The third kappa shape index (κ3) is 4.03. The van der Waals surface area contributed by atoms with Gasteiger partial charge in [-0.25, -0.2) is 9.78 Å². The minimum absolute atomic E-state index is 0.0574. The lowest BCUT2D eigenvalue weighted by Crippen LogP contribution is -2.16. The SMILES string of the molecule is CCCCOC(=O)Nc1c(C=O)ccnc1Cl. The maximum absolute atomic E-state index is 11.4. The van der Waals surface area contributed by atoms with Gasteiger partial charge in [0.05, 0.1) is 12.3 Å². The average molecular weight is 257 g/mol. The molecule has 5 nitrogen and oxygen atoms in total. The molecule has 0 saturated carbocycles. The summed E-state index contributed by atoms with van der Waals surface area (Å²) in [5.74, 6) is 0. The first-order valence-corrected chi connectivity index (χ1v) is 5.60. The molecule has 92 valence electrons. The third-order valence-electron chi connectivity index (χ3n) is 2.02. The van der Waals surface area contributed by atoms with Crippen molar-refractivity contribution in [1.29, 1.82) is 0 Å². The Morgan fingerprint density at radius 3 is 3.06 bits per heavy atom. The van der Waals surface area contributed by atoms with Crippen molar-refractivity contribution in [1.82, 2.24) is 4.98 Å². The highest BCUT2D eigenvalue weighted by Crippen LogP contribution is 2.22. The number of halogens is 1. The first-order chi connectivity index (χ1) is 8.19. The predicted octanol–water partition coefficient (Wildman–Crippen LogP) is 2.90. The van der Waals surface area contributed by atoms with Crippen molar-refractivity contribution in [3.05, 3.63) is 23.0 Å². The van der Waals surface area contributed by atoms with Gasteiger partial charge in [-0.3, -0.25) is 10.1 Å². The van der Waals surface area contributed by atoms with Crippen LogP contribution in [0.25, 0.3) is 0 Å². The van der Waals surface area contributed by atoms with Crippen molar-refractivity contribution >= 4 is 29.7 Å². The summed E-state index contributed by atoms with van der Waals surface area (Å²) in [5.41, 5.74) is 0.433. The molecule has 1 amide bonds. The van der Waals surface area contributed by atoms with E-state index < -0.39 is 6.09 Å². The van der Waals surface area contributed by atoms with Gasteiger partial charge in [-0.2, -0.15) is 0 Å². The Kier molecular flexibility index (Phi) is 5.42. The fourth-order valence-corrected chi connectivity index (χ4v) is 1.33. The fraction of sp³-hybridized carbons (Fsp3) is 0.364. The zero-order chi connectivity index (χ0) is 12.7. The summed E-state index contributed by atoms with van der Waals surface area (Å²) in [6.07, 6.45) is 3.06. The molecule has 0 atom stereocenters. The van der Waals surface area contributed by atoms with Gasteiger partial charge in [-0.05, 0) is 12.5 Å². The molecule has 0 saturated heterocycles. The molecule has 0 aliphatic carbocycles. The van der Waals surface area contributed by atoms with Crippen LogP contribution >= 0.6 is 11.6 Å². The van der Waals surface area contributed by atoms with Crippen LogP contribution < -0.4 is 5.32 Å². The number of rotatable bonds is 5. The van der Waals surface area contributed by atoms with E-state index in [2.05, 4.69) is 10.3 Å². The lowest BCUT2D eigenvalue weighted by Gasteiger charge is -2.09. The molecule has 0 aromatic carbocycles. The molecule has 17 heavy (non-hydrogen) atoms. The molecule has 0 aliphatic rings. The zero-order valence-electron chi connectivity index (χ0n) is 9.40. The molecule has 0 bridgehead atoms. The fourth-order valence-electron chi connectivity index (χ4n) is 1.12. The normalized spacial score (nSPS) is 9.76. The van der Waals surface area contributed by atoms with E-state index in [1.54, 1.807) is 0 Å². The summed E-state index contributed by atoms with van der Waals surface area (Å²) in [4.78, 5) is 25.9. The first kappa shape index (κ1) is 13.4. The van der Waals surface area contributed by atoms with Crippen LogP contribution in [0.3, 0.4) is 0 Å². The Hall–Kier alpha value is -1.62. The van der Waals surface area contributed by atoms with Crippen molar-refractivity contribution in [3.8, 4) is 0 Å². The molecular formula is C11H13ClN2O3. The first-order valence-electron chi connectivity index (χ1n) is 5.22. The molecule has 1 aromatic rings. The molecule has 0 radical (unpaired) electrons. The second kappa shape index (κ2) is 6.85. The van der Waals surface area contributed by atoms with Gasteiger partial charge < -0.3 is 4.74 Å². The van der Waals surface area contributed by atoms with Gasteiger partial charge >= 0.3 is 6.09 Å². The Balaban J connectivity index is 2.67. The molecule has 1 aromatic heterocycles. The van der Waals surface area contributed by atoms with E-state index in [4.69, 9.17) is 16.3 Å². The van der Waals surface area contributed by atoms with Crippen LogP contribution in [0.1, 0.15) is 30.1 Å². The number of unbranched alkanes of at least 4 members (excludes halogenated alkanes) is 1. The number of carbonyl (C=O) groups excluding carboxylic acids is 2. The Morgan fingerprint density at radius 2 is 2.41 bits per heavy atom. The topological polar surface area (TPSA) is 68.3 Å². The second-order valence-corrected chi connectivity index (χ2v) is 3.66. The van der Waals surface area contributed by atoms with E-state index in [0.717, 1.165) is 12.8 Å². The van der Waals surface area contributed by atoms with Crippen LogP contribution in [0, 0.1) is 0 Å². The minimum Gasteiger partial charge on any atom is -0.449 e. The van der Waals surface area contributed by atoms with E-state index in [9.17, 15) is 9.59 Å². The average Bonchev–Trinajstić information content (AvgIpc) is 2.32. The highest BCUT2D eigenvalue weighted by atomic mass is 35.5. The van der Waals surface area contributed by atoms with Crippen molar-refractivity contribution in [2.24, 2.45) is 0 Å². The zero-order valence-corrected chi connectivity index (χ0v) is 10.2. The Morgan fingerprint density at radius 1 is 1.65 bits per heavy atom. The largest absolute Gasteiger partial charge is 0.449 e. The van der Waals surface area contributed by atoms with Crippen LogP contribution in [0.5, 0.6) is 0 Å². The number of anilines is 1. The summed E-state index contributed by atoms with van der Waals surface area (Å²) in [7, 11) is 0. The predicted molar refractivity (Wildman–Crippen MR) is 64.5 cm³/mol. The molecule has 1 rings (SSSR count). The lowest BCUT2D eigenvalue weighted by molar-refractivity contribution is 0.112. The van der Waals surface area contributed by atoms with Gasteiger partial charge in [0, 0.05) is 11.8 Å². The molecule has 0 fully saturated rings. The maximum Gasteiger partial charge on any atom is 0.411 e. The number of hydrogen-bond acceptors (Lipinski definition) is 4. The number of carbonyl (C=O) groups is 2. The summed E-state index contributed by atoms with van der Waals surface area (Å²) < 4.78 is 4.89. The van der Waals surface area contributed by atoms with Gasteiger partial charge in [0.1, 0.15) is 0 Å². The second-order valence-electron chi connectivity index (χ2n) is 3.30. The van der Waals surface area contributed by atoms with E-state index in [1.165, 1.54) is 12.3 Å². The Labute approximate surface area is 104 Å². The number of aromatic nitrogens is 1. The smallest absolute Gasteiger partial charge is 0.411 e. The van der Waals surface area contributed by atoms with Gasteiger partial charge in [0.15, 0.2) is 11.4 Å². The molecule has 0 aliphatic heterocycles. The molecule has 0 spiro atoms. The van der Waals surface area contributed by atoms with Crippen molar-refractivity contribution < 1.29 is 14.3 Å². The highest BCUT2D eigenvalue weighted by Gasteiger charge is 2.11. The molecular weight excluding hydrogens is 244 g/mol. The van der Waals surface area contributed by atoms with Crippen LogP contribution in [0.15, 0.2) is 12.3 Å². The summed E-state index contributed by atoms with van der Waals surface area (Å²) in [5, 5.41) is 2.46. The summed E-state index contributed by atoms with van der Waals surface area (Å²) in [6, 6.07) is 1.46. The number of nitrogens with zero attached hydrogens (tertiary/aromatic N) is 1. The molecule has 1 N–H and O–H groups in total. The van der Waals surface area contributed by atoms with E-state index in [1.807, 2.05) is 6.92 Å². The minimum atomic E-state index is -0.642. The van der Waals surface area contributed by atoms with Crippen LogP contribution in [-0.2, 0) is 4.74 Å². The van der Waals surface area contributed by atoms with Crippen molar-refractivity contribution in [3.63, 3.8) is 0 Å². The lowest BCUT2D eigenvalue weighted by atomic mass is 10.2. The van der Waals surface area contributed by atoms with Crippen molar-refractivity contribution in [2.45, 2.75) is 19.8 Å². The number of aldehydes is 1. The summed E-state index contributed by atoms with van der Waals surface area (Å²) >= 11 is 5.77. The summed E-state index contributed by atoms with van der Waals surface area (Å²) in [6.45, 7) is 2.32. The van der Waals surface area contributed by atoms with Crippen LogP contribution in [0.2, 0.25) is 5.15 Å². The van der Waals surface area contributed by atoms with E-state index in [-0.39, 0.29) is 16.4 Å².